The Hall–Kier alpha value is -3.72. The molecule has 0 aliphatic carbocycles. The average Bonchev–Trinajstić information content (AvgIpc) is 2.90. The Balaban J connectivity index is 1.20. The van der Waals surface area contributed by atoms with E-state index in [9.17, 15) is 0 Å². The maximum absolute atomic E-state index is 3.78. The molecule has 2 N–H and O–H groups in total. The van der Waals surface area contributed by atoms with Gasteiger partial charge in [-0.25, -0.2) is 0 Å². The highest BCUT2D eigenvalue weighted by Gasteiger charge is 2.11. The first-order chi connectivity index (χ1) is 17.3. The van der Waals surface area contributed by atoms with Crippen molar-refractivity contribution in [1.82, 2.24) is 10.6 Å². The summed E-state index contributed by atoms with van der Waals surface area (Å²) in [5.41, 5.74) is 2.76. The fourth-order valence-corrected chi connectivity index (χ4v) is 5.36. The summed E-state index contributed by atoms with van der Waals surface area (Å²) in [5, 5.41) is 18.1. The van der Waals surface area contributed by atoms with Crippen LogP contribution >= 0.6 is 0 Å². The van der Waals surface area contributed by atoms with Crippen LogP contribution in [0.1, 0.15) is 18.1 Å². The van der Waals surface area contributed by atoms with Crippen LogP contribution in [0.25, 0.3) is 43.1 Å². The lowest BCUT2D eigenvalue weighted by molar-refractivity contribution is 0.504. The molecular formula is C33H30N2. The lowest BCUT2D eigenvalue weighted by atomic mass is 9.96. The Morgan fingerprint density at radius 2 is 0.886 bits per heavy atom. The van der Waals surface area contributed by atoms with Crippen molar-refractivity contribution >= 4 is 43.1 Å². The van der Waals surface area contributed by atoms with Crippen LogP contribution < -0.4 is 10.6 Å². The molecule has 6 rings (SSSR count). The minimum Gasteiger partial charge on any atom is -0.311 e. The Morgan fingerprint density at radius 3 is 1.31 bits per heavy atom. The minimum atomic E-state index is 0.342. The van der Waals surface area contributed by atoms with Gasteiger partial charge in [0.15, 0.2) is 0 Å². The summed E-state index contributed by atoms with van der Waals surface area (Å²) < 4.78 is 0. The zero-order valence-electron chi connectivity index (χ0n) is 20.1. The number of hydrogen-bond donors (Lipinski definition) is 2. The van der Waals surface area contributed by atoms with E-state index in [1.54, 1.807) is 0 Å². The van der Waals surface area contributed by atoms with E-state index in [0.717, 1.165) is 19.6 Å². The van der Waals surface area contributed by atoms with E-state index in [4.69, 9.17) is 0 Å². The van der Waals surface area contributed by atoms with E-state index in [-0.39, 0.29) is 0 Å². The molecule has 0 radical (unpaired) electrons. The summed E-state index contributed by atoms with van der Waals surface area (Å²) in [5.74, 6) is 0. The lowest BCUT2D eigenvalue weighted by Crippen LogP contribution is -2.35. The second kappa shape index (κ2) is 9.50. The van der Waals surface area contributed by atoms with Gasteiger partial charge >= 0.3 is 0 Å². The molecule has 0 spiro atoms. The van der Waals surface area contributed by atoms with Gasteiger partial charge < -0.3 is 10.6 Å². The predicted octanol–water partition coefficient (Wildman–Crippen LogP) is 7.57. The number of rotatable bonds is 7. The molecular weight excluding hydrogens is 424 g/mol. The first-order valence-corrected chi connectivity index (χ1v) is 12.5. The minimum absolute atomic E-state index is 0.342. The molecule has 0 bridgehead atoms. The normalized spacial score (nSPS) is 12.6. The van der Waals surface area contributed by atoms with Crippen molar-refractivity contribution in [2.45, 2.75) is 26.1 Å². The molecule has 35 heavy (non-hydrogen) atoms. The molecule has 0 fully saturated rings. The summed E-state index contributed by atoms with van der Waals surface area (Å²) in [4.78, 5) is 0. The molecule has 172 valence electrons. The molecule has 0 saturated carbocycles. The van der Waals surface area contributed by atoms with Gasteiger partial charge in [-0.1, -0.05) is 97.1 Å². The van der Waals surface area contributed by atoms with Crippen molar-refractivity contribution in [1.29, 1.82) is 0 Å². The van der Waals surface area contributed by atoms with E-state index in [1.165, 1.54) is 54.2 Å². The third kappa shape index (κ3) is 4.27. The van der Waals surface area contributed by atoms with Crippen LogP contribution in [0.15, 0.2) is 109 Å². The number of benzene rings is 6. The van der Waals surface area contributed by atoms with Gasteiger partial charge in [0.1, 0.15) is 0 Å². The third-order valence-corrected chi connectivity index (χ3v) is 7.15. The van der Waals surface area contributed by atoms with Crippen molar-refractivity contribution in [2.24, 2.45) is 0 Å². The largest absolute Gasteiger partial charge is 0.311 e. The SMILES string of the molecule is CC(CNCc1c2ccccc2cc2ccccc12)NCc1c2ccccc2cc2ccccc12. The molecule has 1 unspecified atom stereocenters. The molecule has 6 aromatic carbocycles. The number of nitrogens with one attached hydrogen (secondary N) is 2. The van der Waals surface area contributed by atoms with Crippen LogP contribution in [0, 0.1) is 0 Å². The molecule has 1 atom stereocenters. The summed E-state index contributed by atoms with van der Waals surface area (Å²) in [7, 11) is 0. The Morgan fingerprint density at radius 1 is 0.514 bits per heavy atom. The van der Waals surface area contributed by atoms with Gasteiger partial charge in [-0.15, -0.1) is 0 Å². The van der Waals surface area contributed by atoms with E-state index in [1.807, 2.05) is 0 Å². The lowest BCUT2D eigenvalue weighted by Gasteiger charge is -2.18. The summed E-state index contributed by atoms with van der Waals surface area (Å²) in [6.45, 7) is 4.87. The second-order valence-corrected chi connectivity index (χ2v) is 9.51. The second-order valence-electron chi connectivity index (χ2n) is 9.51. The quantitative estimate of drug-likeness (QED) is 0.243. The maximum Gasteiger partial charge on any atom is 0.0220 e. The fourth-order valence-electron chi connectivity index (χ4n) is 5.36. The van der Waals surface area contributed by atoms with Crippen molar-refractivity contribution in [3.63, 3.8) is 0 Å². The van der Waals surface area contributed by atoms with Crippen LogP contribution in [-0.2, 0) is 13.1 Å². The summed E-state index contributed by atoms with van der Waals surface area (Å²) >= 11 is 0. The van der Waals surface area contributed by atoms with Crippen LogP contribution in [0.3, 0.4) is 0 Å². The van der Waals surface area contributed by atoms with Crippen molar-refractivity contribution in [2.75, 3.05) is 6.54 Å². The standard InChI is InChI=1S/C33H30N2/c1-23(35-22-33-30-16-8-4-12-26(30)19-27-13-5-9-17-31(27)33)20-34-21-32-28-14-6-2-10-24(28)18-25-11-3-7-15-29(25)32/h2-19,23,34-35H,20-22H2,1H3. The molecule has 6 aromatic rings. The monoisotopic (exact) mass is 454 g/mol. The maximum atomic E-state index is 3.78. The van der Waals surface area contributed by atoms with Gasteiger partial charge in [0.25, 0.3) is 0 Å². The van der Waals surface area contributed by atoms with Crippen LogP contribution in [0.4, 0.5) is 0 Å². The van der Waals surface area contributed by atoms with Gasteiger partial charge in [-0.2, -0.15) is 0 Å². The van der Waals surface area contributed by atoms with Crippen LogP contribution in [0.2, 0.25) is 0 Å². The third-order valence-electron chi connectivity index (χ3n) is 7.15. The first kappa shape index (κ1) is 21.8. The molecule has 0 heterocycles. The molecule has 0 aromatic heterocycles. The highest BCUT2D eigenvalue weighted by atomic mass is 15.0. The predicted molar refractivity (Wildman–Crippen MR) is 151 cm³/mol. The van der Waals surface area contributed by atoms with Gasteiger partial charge in [-0.3, -0.25) is 0 Å². The summed E-state index contributed by atoms with van der Waals surface area (Å²) in [6.07, 6.45) is 0. The first-order valence-electron chi connectivity index (χ1n) is 12.5. The van der Waals surface area contributed by atoms with E-state index >= 15 is 0 Å². The molecule has 0 amide bonds. The zero-order chi connectivity index (χ0) is 23.6. The molecule has 0 saturated heterocycles. The van der Waals surface area contributed by atoms with Crippen molar-refractivity contribution in [3.8, 4) is 0 Å². The van der Waals surface area contributed by atoms with E-state index in [2.05, 4.69) is 127 Å². The van der Waals surface area contributed by atoms with E-state index < -0.39 is 0 Å². The van der Waals surface area contributed by atoms with Gasteiger partial charge in [0.2, 0.25) is 0 Å². The van der Waals surface area contributed by atoms with Crippen molar-refractivity contribution in [3.05, 3.63) is 120 Å². The zero-order valence-corrected chi connectivity index (χ0v) is 20.1. The summed E-state index contributed by atoms with van der Waals surface area (Å²) in [6, 6.07) is 39.8. The van der Waals surface area contributed by atoms with Crippen LogP contribution in [0.5, 0.6) is 0 Å². The highest BCUT2D eigenvalue weighted by molar-refractivity contribution is 6.03. The molecule has 2 nitrogen and oxygen atoms in total. The Kier molecular flexibility index (Phi) is 5.91. The van der Waals surface area contributed by atoms with E-state index in [0.29, 0.717) is 6.04 Å². The highest BCUT2D eigenvalue weighted by Crippen LogP contribution is 2.29. The van der Waals surface area contributed by atoms with Crippen molar-refractivity contribution < 1.29 is 0 Å². The number of fused-ring (bicyclic) bond motifs is 4. The average molecular weight is 455 g/mol. The Bertz CT molecular complexity index is 1540. The topological polar surface area (TPSA) is 24.1 Å². The number of hydrogen-bond acceptors (Lipinski definition) is 2. The molecule has 0 aliphatic heterocycles. The van der Waals surface area contributed by atoms with Crippen LogP contribution in [-0.4, -0.2) is 12.6 Å². The fraction of sp³-hybridized carbons (Fsp3) is 0.152. The van der Waals surface area contributed by atoms with Gasteiger partial charge in [-0.05, 0) is 73.3 Å². The molecule has 2 heteroatoms. The van der Waals surface area contributed by atoms with Gasteiger partial charge in [0.05, 0.1) is 0 Å². The van der Waals surface area contributed by atoms with Gasteiger partial charge in [0, 0.05) is 25.7 Å². The molecule has 0 aliphatic rings. The Labute approximate surface area is 206 Å². The smallest absolute Gasteiger partial charge is 0.0220 e.